The Kier molecular flexibility index (Phi) is 8.24. The summed E-state index contributed by atoms with van der Waals surface area (Å²) in [6, 6.07) is 13.9. The first-order valence-electron chi connectivity index (χ1n) is 10.5. The van der Waals surface area contributed by atoms with Gasteiger partial charge in [0.1, 0.15) is 5.82 Å². The maximum atomic E-state index is 5.96. The van der Waals surface area contributed by atoms with Crippen molar-refractivity contribution in [3.63, 3.8) is 0 Å². The van der Waals surface area contributed by atoms with Crippen LogP contribution in [0.5, 0.6) is 0 Å². The normalized spacial score (nSPS) is 11.2. The zero-order valence-electron chi connectivity index (χ0n) is 17.8. The second-order valence-electron chi connectivity index (χ2n) is 7.48. The summed E-state index contributed by atoms with van der Waals surface area (Å²) in [7, 11) is 0. The summed E-state index contributed by atoms with van der Waals surface area (Å²) in [6.07, 6.45) is 8.17. The average Bonchev–Trinajstić information content (AvgIpc) is 2.75. The number of nitrogens with two attached hydrogens (primary N) is 2. The van der Waals surface area contributed by atoms with E-state index in [9.17, 15) is 0 Å². The van der Waals surface area contributed by atoms with E-state index in [1.807, 2.05) is 42.5 Å². The van der Waals surface area contributed by atoms with E-state index >= 15 is 0 Å². The topological polar surface area (TPSA) is 102 Å². The maximum Gasteiger partial charge on any atom is 0.185 e. The van der Waals surface area contributed by atoms with Crippen molar-refractivity contribution in [2.75, 3.05) is 18.4 Å². The number of hydrogen-bond donors (Lipinski definition) is 3. The minimum atomic E-state index is 0.161. The van der Waals surface area contributed by atoms with Crippen LogP contribution < -0.4 is 16.8 Å². The number of aryl methyl sites for hydroxylation is 1. The van der Waals surface area contributed by atoms with Gasteiger partial charge in [0.15, 0.2) is 11.8 Å². The molecule has 0 aliphatic carbocycles. The minimum Gasteiger partial charge on any atom is -0.370 e. The summed E-state index contributed by atoms with van der Waals surface area (Å²) < 4.78 is 0. The van der Waals surface area contributed by atoms with Gasteiger partial charge in [0.05, 0.1) is 5.52 Å². The molecule has 2 aromatic carbocycles. The van der Waals surface area contributed by atoms with Gasteiger partial charge in [0.2, 0.25) is 0 Å². The number of guanidine groups is 1. The van der Waals surface area contributed by atoms with E-state index in [2.05, 4.69) is 29.4 Å². The Balaban J connectivity index is 1.66. The van der Waals surface area contributed by atoms with Gasteiger partial charge in [-0.15, -0.1) is 0 Å². The van der Waals surface area contributed by atoms with E-state index in [4.69, 9.17) is 33.0 Å². The number of anilines is 1. The summed E-state index contributed by atoms with van der Waals surface area (Å²) in [5.41, 5.74) is 13.8. The van der Waals surface area contributed by atoms with E-state index in [0.29, 0.717) is 12.4 Å². The second-order valence-corrected chi connectivity index (χ2v) is 7.92. The molecule has 0 fully saturated rings. The number of hydrogen-bond acceptors (Lipinski definition) is 4. The lowest BCUT2D eigenvalue weighted by molar-refractivity contribution is 0.661. The molecule has 0 atom stereocenters. The highest BCUT2D eigenvalue weighted by Gasteiger charge is 2.07. The van der Waals surface area contributed by atoms with E-state index in [-0.39, 0.29) is 5.96 Å². The lowest BCUT2D eigenvalue weighted by Crippen LogP contribution is -2.22. The van der Waals surface area contributed by atoms with Crippen LogP contribution in [0.2, 0.25) is 5.02 Å². The molecule has 0 bridgehead atoms. The Bertz CT molecular complexity index is 1060. The van der Waals surface area contributed by atoms with Crippen LogP contribution in [0, 0.1) is 6.92 Å². The average molecular weight is 437 g/mol. The molecule has 6 nitrogen and oxygen atoms in total. The third kappa shape index (κ3) is 7.26. The Morgan fingerprint density at radius 2 is 1.77 bits per heavy atom. The first-order valence-corrected chi connectivity index (χ1v) is 10.9. The molecule has 3 aromatic rings. The Morgan fingerprint density at radius 3 is 2.55 bits per heavy atom. The molecule has 0 amide bonds. The van der Waals surface area contributed by atoms with Crippen molar-refractivity contribution in [1.82, 2.24) is 9.97 Å². The van der Waals surface area contributed by atoms with Crippen molar-refractivity contribution >= 4 is 46.4 Å². The van der Waals surface area contributed by atoms with Crippen molar-refractivity contribution in [3.05, 3.63) is 64.4 Å². The Hall–Kier alpha value is -3.12. The van der Waals surface area contributed by atoms with Crippen LogP contribution in [0.15, 0.2) is 47.5 Å². The molecule has 0 radical (unpaired) electrons. The van der Waals surface area contributed by atoms with Crippen molar-refractivity contribution in [3.8, 4) is 0 Å². The maximum absolute atomic E-state index is 5.96. The predicted octanol–water partition coefficient (Wildman–Crippen LogP) is 5.01. The summed E-state index contributed by atoms with van der Waals surface area (Å²) in [6.45, 7) is 3.62. The van der Waals surface area contributed by atoms with Crippen LogP contribution in [-0.2, 0) is 0 Å². The predicted molar refractivity (Wildman–Crippen MR) is 132 cm³/mol. The molecule has 1 heterocycles. The lowest BCUT2D eigenvalue weighted by atomic mass is 10.1. The zero-order chi connectivity index (χ0) is 22.1. The molecule has 162 valence electrons. The van der Waals surface area contributed by atoms with Crippen LogP contribution in [0.3, 0.4) is 0 Å². The van der Waals surface area contributed by atoms with Gasteiger partial charge in [0.25, 0.3) is 0 Å². The van der Waals surface area contributed by atoms with Gasteiger partial charge in [-0.1, -0.05) is 54.3 Å². The number of rotatable bonds is 10. The van der Waals surface area contributed by atoms with Crippen LogP contribution in [-0.4, -0.2) is 29.0 Å². The largest absolute Gasteiger partial charge is 0.370 e. The molecule has 7 heteroatoms. The van der Waals surface area contributed by atoms with Crippen molar-refractivity contribution < 1.29 is 0 Å². The third-order valence-electron chi connectivity index (χ3n) is 4.84. The summed E-state index contributed by atoms with van der Waals surface area (Å²) in [5.74, 6) is 1.70. The molecule has 3 rings (SSSR count). The molecule has 31 heavy (non-hydrogen) atoms. The van der Waals surface area contributed by atoms with Crippen LogP contribution >= 0.6 is 11.6 Å². The number of nitrogens with zero attached hydrogens (tertiary/aromatic N) is 3. The highest BCUT2D eigenvalue weighted by atomic mass is 35.5. The summed E-state index contributed by atoms with van der Waals surface area (Å²) in [4.78, 5) is 13.5. The fourth-order valence-electron chi connectivity index (χ4n) is 3.22. The van der Waals surface area contributed by atoms with Gasteiger partial charge < -0.3 is 16.8 Å². The molecule has 0 saturated heterocycles. The number of unbranched alkanes of at least 4 members (excludes halogenated alkanes) is 3. The molecule has 0 spiro atoms. The first-order chi connectivity index (χ1) is 15.0. The molecular formula is C24H29ClN6. The lowest BCUT2D eigenvalue weighted by Gasteiger charge is -2.10. The number of fused-ring (bicyclic) bond motifs is 1. The van der Waals surface area contributed by atoms with Gasteiger partial charge in [-0.25, -0.2) is 9.97 Å². The second kappa shape index (κ2) is 11.3. The van der Waals surface area contributed by atoms with Crippen molar-refractivity contribution in [1.29, 1.82) is 0 Å². The molecular weight excluding hydrogens is 408 g/mol. The highest BCUT2D eigenvalue weighted by Crippen LogP contribution is 2.23. The van der Waals surface area contributed by atoms with E-state index in [1.165, 1.54) is 5.56 Å². The van der Waals surface area contributed by atoms with Gasteiger partial charge in [-0.05, 0) is 55.7 Å². The van der Waals surface area contributed by atoms with Crippen molar-refractivity contribution in [2.24, 2.45) is 16.5 Å². The fourth-order valence-corrected chi connectivity index (χ4v) is 3.35. The number of aliphatic imine (C=N–C) groups is 1. The third-order valence-corrected chi connectivity index (χ3v) is 5.09. The molecule has 0 unspecified atom stereocenters. The molecule has 1 aromatic heterocycles. The molecule has 5 N–H and O–H groups in total. The van der Waals surface area contributed by atoms with Crippen molar-refractivity contribution in [2.45, 2.75) is 32.6 Å². The molecule has 0 saturated carbocycles. The number of nitrogens with one attached hydrogen (secondary N) is 1. The SMILES string of the molecule is Cc1ccc2nc(/C=C/c3ccc(Cl)cc3)nc(NCCCCCCN=C(N)N)c2c1. The molecule has 0 aliphatic heterocycles. The quantitative estimate of drug-likeness (QED) is 0.235. The summed E-state index contributed by atoms with van der Waals surface area (Å²) in [5, 5.41) is 5.26. The van der Waals surface area contributed by atoms with E-state index in [1.54, 1.807) is 0 Å². The Morgan fingerprint density at radius 1 is 1.00 bits per heavy atom. The van der Waals surface area contributed by atoms with Crippen LogP contribution in [0.4, 0.5) is 5.82 Å². The Labute approximate surface area is 188 Å². The van der Waals surface area contributed by atoms with Gasteiger partial charge >= 0.3 is 0 Å². The molecule has 0 aliphatic rings. The standard InChI is InChI=1S/C24H29ClN6/c1-17-6-12-21-20(16-17)23(28-14-4-2-3-5-15-29-24(26)27)31-22(30-21)13-9-18-7-10-19(25)11-8-18/h6-13,16H,2-5,14-15H2,1H3,(H4,26,27,29)(H,28,30,31)/b13-9+. The fraction of sp³-hybridized carbons (Fsp3) is 0.292. The zero-order valence-corrected chi connectivity index (χ0v) is 18.6. The number of aromatic nitrogens is 2. The van der Waals surface area contributed by atoms with Gasteiger partial charge in [-0.2, -0.15) is 0 Å². The van der Waals surface area contributed by atoms with Crippen LogP contribution in [0.1, 0.15) is 42.6 Å². The van der Waals surface area contributed by atoms with E-state index in [0.717, 1.165) is 59.5 Å². The van der Waals surface area contributed by atoms with Gasteiger partial charge in [0, 0.05) is 23.5 Å². The van der Waals surface area contributed by atoms with E-state index < -0.39 is 0 Å². The number of benzene rings is 2. The minimum absolute atomic E-state index is 0.161. The monoisotopic (exact) mass is 436 g/mol. The highest BCUT2D eigenvalue weighted by molar-refractivity contribution is 6.30. The van der Waals surface area contributed by atoms with Crippen LogP contribution in [0.25, 0.3) is 23.1 Å². The first kappa shape index (κ1) is 22.6. The summed E-state index contributed by atoms with van der Waals surface area (Å²) >= 11 is 5.96. The van der Waals surface area contributed by atoms with Gasteiger partial charge in [-0.3, -0.25) is 4.99 Å². The smallest absolute Gasteiger partial charge is 0.185 e. The number of halogens is 1.